The van der Waals surface area contributed by atoms with E-state index in [9.17, 15) is 9.59 Å². The van der Waals surface area contributed by atoms with Gasteiger partial charge in [-0.2, -0.15) is 0 Å². The summed E-state index contributed by atoms with van der Waals surface area (Å²) in [7, 11) is 1.57. The Balaban J connectivity index is 1.94. The first-order valence-corrected chi connectivity index (χ1v) is 7.45. The summed E-state index contributed by atoms with van der Waals surface area (Å²) in [6.45, 7) is 0.734. The lowest BCUT2D eigenvalue weighted by Crippen LogP contribution is -2.44. The number of carboxylic acids is 1. The van der Waals surface area contributed by atoms with E-state index in [0.29, 0.717) is 18.1 Å². The Labute approximate surface area is 134 Å². The molecule has 1 aliphatic heterocycles. The maximum absolute atomic E-state index is 12.1. The van der Waals surface area contributed by atoms with Crippen molar-refractivity contribution >= 4 is 23.6 Å². The first kappa shape index (κ1) is 16.6. The molecule has 1 heterocycles. The molecule has 2 amide bonds. The lowest BCUT2D eigenvalue weighted by molar-refractivity contribution is -0.137. The summed E-state index contributed by atoms with van der Waals surface area (Å²) in [5, 5.41) is 12.2. The number of carbonyl (C=O) groups excluding carboxylic acids is 1. The van der Waals surface area contributed by atoms with Gasteiger partial charge in [-0.15, -0.1) is 0 Å². The SMILES string of the molecule is CN(CCC(=O)O)C(=O)NC1CCOC1c1ccc(Cl)cc1. The van der Waals surface area contributed by atoms with Crippen LogP contribution in [0.5, 0.6) is 0 Å². The third-order valence-electron chi connectivity index (χ3n) is 3.61. The second-order valence-electron chi connectivity index (χ2n) is 5.25. The van der Waals surface area contributed by atoms with Crippen molar-refractivity contribution in [3.05, 3.63) is 34.9 Å². The smallest absolute Gasteiger partial charge is 0.317 e. The molecule has 2 atom stereocenters. The number of aliphatic carboxylic acids is 1. The Hall–Kier alpha value is -1.79. The number of nitrogens with one attached hydrogen (secondary N) is 1. The molecule has 0 saturated carbocycles. The number of carbonyl (C=O) groups is 2. The summed E-state index contributed by atoms with van der Waals surface area (Å²) in [6, 6.07) is 6.90. The van der Waals surface area contributed by atoms with E-state index in [1.807, 2.05) is 12.1 Å². The quantitative estimate of drug-likeness (QED) is 0.870. The van der Waals surface area contributed by atoms with E-state index >= 15 is 0 Å². The minimum absolute atomic E-state index is 0.0777. The number of amides is 2. The van der Waals surface area contributed by atoms with Crippen molar-refractivity contribution in [2.24, 2.45) is 0 Å². The number of urea groups is 1. The monoisotopic (exact) mass is 326 g/mol. The summed E-state index contributed by atoms with van der Waals surface area (Å²) in [4.78, 5) is 24.0. The summed E-state index contributed by atoms with van der Waals surface area (Å²) >= 11 is 5.88. The second kappa shape index (κ2) is 7.47. The van der Waals surface area contributed by atoms with E-state index in [1.165, 1.54) is 4.90 Å². The van der Waals surface area contributed by atoms with Crippen LogP contribution in [0.3, 0.4) is 0 Å². The Morgan fingerprint density at radius 1 is 1.41 bits per heavy atom. The van der Waals surface area contributed by atoms with Crippen LogP contribution in [0.2, 0.25) is 5.02 Å². The van der Waals surface area contributed by atoms with Crippen LogP contribution in [0.1, 0.15) is 24.5 Å². The van der Waals surface area contributed by atoms with Crippen molar-refractivity contribution < 1.29 is 19.4 Å². The molecule has 0 aromatic heterocycles. The number of ether oxygens (including phenoxy) is 1. The van der Waals surface area contributed by atoms with E-state index < -0.39 is 5.97 Å². The third kappa shape index (κ3) is 4.35. The zero-order valence-corrected chi connectivity index (χ0v) is 13.0. The van der Waals surface area contributed by atoms with E-state index in [1.54, 1.807) is 19.2 Å². The number of hydrogen-bond donors (Lipinski definition) is 2. The first-order valence-electron chi connectivity index (χ1n) is 7.08. The molecule has 1 aliphatic rings. The summed E-state index contributed by atoms with van der Waals surface area (Å²) in [5.74, 6) is -0.928. The van der Waals surface area contributed by atoms with Crippen LogP contribution in [0.25, 0.3) is 0 Å². The standard InChI is InChI=1S/C15H19ClN2O4/c1-18(8-6-13(19)20)15(21)17-12-7-9-22-14(12)10-2-4-11(16)5-3-10/h2-5,12,14H,6-9H2,1H3,(H,17,21)(H,19,20). The lowest BCUT2D eigenvalue weighted by atomic mass is 10.0. The van der Waals surface area contributed by atoms with Crippen LogP contribution in [-0.2, 0) is 9.53 Å². The van der Waals surface area contributed by atoms with Crippen LogP contribution in [-0.4, -0.2) is 48.2 Å². The van der Waals surface area contributed by atoms with E-state index in [4.69, 9.17) is 21.4 Å². The minimum Gasteiger partial charge on any atom is -0.481 e. The average molecular weight is 327 g/mol. The van der Waals surface area contributed by atoms with Crippen molar-refractivity contribution in [2.45, 2.75) is 25.0 Å². The van der Waals surface area contributed by atoms with Crippen molar-refractivity contribution in [1.82, 2.24) is 10.2 Å². The Bertz CT molecular complexity index is 535. The van der Waals surface area contributed by atoms with Gasteiger partial charge in [0.25, 0.3) is 0 Å². The molecule has 7 heteroatoms. The second-order valence-corrected chi connectivity index (χ2v) is 5.69. The predicted molar refractivity (Wildman–Crippen MR) is 82.0 cm³/mol. The Morgan fingerprint density at radius 3 is 2.73 bits per heavy atom. The average Bonchev–Trinajstić information content (AvgIpc) is 2.93. The van der Waals surface area contributed by atoms with Gasteiger partial charge >= 0.3 is 12.0 Å². The maximum atomic E-state index is 12.1. The number of rotatable bonds is 5. The fourth-order valence-corrected chi connectivity index (χ4v) is 2.48. The van der Waals surface area contributed by atoms with Crippen molar-refractivity contribution in [3.8, 4) is 0 Å². The zero-order valence-electron chi connectivity index (χ0n) is 12.3. The molecule has 0 radical (unpaired) electrons. The number of halogens is 1. The topological polar surface area (TPSA) is 78.9 Å². The number of benzene rings is 1. The largest absolute Gasteiger partial charge is 0.481 e. The minimum atomic E-state index is -0.928. The van der Waals surface area contributed by atoms with Gasteiger partial charge in [-0.1, -0.05) is 23.7 Å². The molecule has 120 valence electrons. The van der Waals surface area contributed by atoms with E-state index in [-0.39, 0.29) is 31.1 Å². The molecule has 1 saturated heterocycles. The van der Waals surface area contributed by atoms with Gasteiger partial charge in [0, 0.05) is 25.2 Å². The summed E-state index contributed by atoms with van der Waals surface area (Å²) in [5.41, 5.74) is 0.959. The molecule has 22 heavy (non-hydrogen) atoms. The lowest BCUT2D eigenvalue weighted by Gasteiger charge is -2.24. The molecule has 0 spiro atoms. The molecule has 1 fully saturated rings. The van der Waals surface area contributed by atoms with Gasteiger partial charge in [0.2, 0.25) is 0 Å². The molecular weight excluding hydrogens is 308 g/mol. The van der Waals surface area contributed by atoms with Crippen LogP contribution in [0.15, 0.2) is 24.3 Å². The first-order chi connectivity index (χ1) is 10.5. The van der Waals surface area contributed by atoms with Gasteiger partial charge in [-0.25, -0.2) is 4.79 Å². The highest BCUT2D eigenvalue weighted by molar-refractivity contribution is 6.30. The van der Waals surface area contributed by atoms with Gasteiger partial charge in [0.1, 0.15) is 6.10 Å². The molecule has 0 aliphatic carbocycles. The molecule has 1 aromatic rings. The maximum Gasteiger partial charge on any atom is 0.317 e. The normalized spacial score (nSPS) is 20.6. The van der Waals surface area contributed by atoms with Crippen molar-refractivity contribution in [3.63, 3.8) is 0 Å². The zero-order chi connectivity index (χ0) is 16.1. The highest BCUT2D eigenvalue weighted by atomic mass is 35.5. The molecule has 2 N–H and O–H groups in total. The predicted octanol–water partition coefficient (Wildman–Crippen LogP) is 2.29. The van der Waals surface area contributed by atoms with Gasteiger partial charge in [-0.05, 0) is 24.1 Å². The Morgan fingerprint density at radius 2 is 2.09 bits per heavy atom. The number of hydrogen-bond acceptors (Lipinski definition) is 3. The van der Waals surface area contributed by atoms with Crippen LogP contribution < -0.4 is 5.32 Å². The molecule has 0 bridgehead atoms. The van der Waals surface area contributed by atoms with Crippen molar-refractivity contribution in [2.75, 3.05) is 20.2 Å². The highest BCUT2D eigenvalue weighted by Crippen LogP contribution is 2.30. The Kier molecular flexibility index (Phi) is 5.63. The fraction of sp³-hybridized carbons (Fsp3) is 0.467. The van der Waals surface area contributed by atoms with E-state index in [0.717, 1.165) is 5.56 Å². The highest BCUT2D eigenvalue weighted by Gasteiger charge is 2.31. The summed E-state index contributed by atoms with van der Waals surface area (Å²) < 4.78 is 5.70. The summed E-state index contributed by atoms with van der Waals surface area (Å²) in [6.07, 6.45) is 0.423. The van der Waals surface area contributed by atoms with Gasteiger partial charge in [-0.3, -0.25) is 4.79 Å². The third-order valence-corrected chi connectivity index (χ3v) is 3.86. The molecule has 6 nitrogen and oxygen atoms in total. The van der Waals surface area contributed by atoms with Crippen LogP contribution in [0.4, 0.5) is 4.79 Å². The molecule has 2 unspecified atom stereocenters. The van der Waals surface area contributed by atoms with Gasteiger partial charge < -0.3 is 20.1 Å². The molecule has 1 aromatic carbocycles. The van der Waals surface area contributed by atoms with E-state index in [2.05, 4.69) is 5.32 Å². The number of carboxylic acid groups (broad SMARTS) is 1. The van der Waals surface area contributed by atoms with Crippen LogP contribution >= 0.6 is 11.6 Å². The van der Waals surface area contributed by atoms with Gasteiger partial charge in [0.05, 0.1) is 12.5 Å². The molecule has 2 rings (SSSR count). The van der Waals surface area contributed by atoms with Crippen molar-refractivity contribution in [1.29, 1.82) is 0 Å². The number of nitrogens with zero attached hydrogens (tertiary/aromatic N) is 1. The van der Waals surface area contributed by atoms with Gasteiger partial charge in [0.15, 0.2) is 0 Å². The van der Waals surface area contributed by atoms with Crippen LogP contribution in [0, 0.1) is 0 Å². The molecular formula is C15H19ClN2O4. The fourth-order valence-electron chi connectivity index (χ4n) is 2.35.